The van der Waals surface area contributed by atoms with Crippen LogP contribution in [-0.2, 0) is 5.54 Å². The standard InChI is InChI=1S/C18H23NO2/c1-20-16-8-6-7-14-13(16)9-10-15(17(14)21-2)18(19)11-4-3-5-12-18/h6-10H,3-5,11-12,19H2,1-2H3. The number of hydrogen-bond donors (Lipinski definition) is 1. The molecule has 1 saturated carbocycles. The number of benzene rings is 2. The molecule has 2 aromatic rings. The Labute approximate surface area is 126 Å². The molecule has 0 unspecified atom stereocenters. The molecule has 2 aromatic carbocycles. The number of ether oxygens (including phenoxy) is 2. The van der Waals surface area contributed by atoms with E-state index in [9.17, 15) is 0 Å². The van der Waals surface area contributed by atoms with Crippen molar-refractivity contribution in [2.75, 3.05) is 14.2 Å². The molecule has 3 rings (SSSR count). The Kier molecular flexibility index (Phi) is 3.77. The minimum atomic E-state index is -0.263. The second kappa shape index (κ2) is 5.57. The molecule has 2 N–H and O–H groups in total. The Morgan fingerprint density at radius 3 is 2.33 bits per heavy atom. The molecule has 1 aliphatic rings. The van der Waals surface area contributed by atoms with Gasteiger partial charge >= 0.3 is 0 Å². The highest BCUT2D eigenvalue weighted by Crippen LogP contribution is 2.43. The molecule has 0 heterocycles. The molecule has 3 nitrogen and oxygen atoms in total. The lowest BCUT2D eigenvalue weighted by molar-refractivity contribution is 0.290. The fourth-order valence-electron chi connectivity index (χ4n) is 3.54. The molecule has 21 heavy (non-hydrogen) atoms. The molecule has 1 aliphatic carbocycles. The highest BCUT2D eigenvalue weighted by Gasteiger charge is 2.32. The highest BCUT2D eigenvalue weighted by atomic mass is 16.5. The molecule has 0 aliphatic heterocycles. The smallest absolute Gasteiger partial charge is 0.131 e. The molecular weight excluding hydrogens is 262 g/mol. The molecule has 0 bridgehead atoms. The number of fused-ring (bicyclic) bond motifs is 1. The summed E-state index contributed by atoms with van der Waals surface area (Å²) >= 11 is 0. The summed E-state index contributed by atoms with van der Waals surface area (Å²) in [5, 5.41) is 2.14. The highest BCUT2D eigenvalue weighted by molar-refractivity contribution is 5.94. The summed E-state index contributed by atoms with van der Waals surface area (Å²) in [5.74, 6) is 1.77. The third-order valence-electron chi connectivity index (χ3n) is 4.68. The van der Waals surface area contributed by atoms with Crippen LogP contribution >= 0.6 is 0 Å². The van der Waals surface area contributed by atoms with Crippen LogP contribution in [0.4, 0.5) is 0 Å². The number of methoxy groups -OCH3 is 2. The van der Waals surface area contributed by atoms with Crippen molar-refractivity contribution < 1.29 is 9.47 Å². The quantitative estimate of drug-likeness (QED) is 0.928. The van der Waals surface area contributed by atoms with Gasteiger partial charge < -0.3 is 15.2 Å². The molecule has 1 fully saturated rings. The van der Waals surface area contributed by atoms with Gasteiger partial charge in [-0.25, -0.2) is 0 Å². The summed E-state index contributed by atoms with van der Waals surface area (Å²) in [5.41, 5.74) is 7.57. The lowest BCUT2D eigenvalue weighted by Gasteiger charge is -2.35. The second-order valence-electron chi connectivity index (χ2n) is 5.92. The fraction of sp³-hybridized carbons (Fsp3) is 0.444. The van der Waals surface area contributed by atoms with Crippen LogP contribution in [0.25, 0.3) is 10.8 Å². The molecule has 0 atom stereocenters. The Balaban J connectivity index is 2.20. The summed E-state index contributed by atoms with van der Waals surface area (Å²) in [6, 6.07) is 10.3. The third kappa shape index (κ3) is 2.36. The van der Waals surface area contributed by atoms with Crippen LogP contribution in [0.5, 0.6) is 11.5 Å². The van der Waals surface area contributed by atoms with Crippen LogP contribution in [0, 0.1) is 0 Å². The maximum absolute atomic E-state index is 6.71. The summed E-state index contributed by atoms with van der Waals surface area (Å²) < 4.78 is 11.2. The predicted molar refractivity (Wildman–Crippen MR) is 86.0 cm³/mol. The van der Waals surface area contributed by atoms with E-state index in [-0.39, 0.29) is 5.54 Å². The van der Waals surface area contributed by atoms with Gasteiger partial charge in [-0.05, 0) is 18.9 Å². The van der Waals surface area contributed by atoms with Gasteiger partial charge in [-0.3, -0.25) is 0 Å². The van der Waals surface area contributed by atoms with Crippen molar-refractivity contribution in [3.8, 4) is 11.5 Å². The van der Waals surface area contributed by atoms with E-state index < -0.39 is 0 Å². The van der Waals surface area contributed by atoms with Crippen molar-refractivity contribution in [2.24, 2.45) is 5.73 Å². The summed E-state index contributed by atoms with van der Waals surface area (Å²) in [6.07, 6.45) is 5.71. The maximum Gasteiger partial charge on any atom is 0.131 e. The topological polar surface area (TPSA) is 44.5 Å². The summed E-state index contributed by atoms with van der Waals surface area (Å²) in [7, 11) is 3.42. The minimum Gasteiger partial charge on any atom is -0.496 e. The molecule has 0 aromatic heterocycles. The van der Waals surface area contributed by atoms with Gasteiger partial charge in [0.15, 0.2) is 0 Å². The second-order valence-corrected chi connectivity index (χ2v) is 5.92. The van der Waals surface area contributed by atoms with Crippen molar-refractivity contribution in [2.45, 2.75) is 37.6 Å². The van der Waals surface area contributed by atoms with E-state index in [1.54, 1.807) is 14.2 Å². The van der Waals surface area contributed by atoms with Crippen LogP contribution in [-0.4, -0.2) is 14.2 Å². The van der Waals surface area contributed by atoms with Crippen molar-refractivity contribution >= 4 is 10.8 Å². The normalized spacial score (nSPS) is 17.7. The van der Waals surface area contributed by atoms with Gasteiger partial charge in [0.25, 0.3) is 0 Å². The Hall–Kier alpha value is -1.74. The average molecular weight is 285 g/mol. The van der Waals surface area contributed by atoms with Gasteiger partial charge in [0.2, 0.25) is 0 Å². The van der Waals surface area contributed by atoms with Crippen LogP contribution in [0.1, 0.15) is 37.7 Å². The maximum atomic E-state index is 6.71. The predicted octanol–water partition coefficient (Wildman–Crippen LogP) is 3.98. The van der Waals surface area contributed by atoms with Gasteiger partial charge in [-0.2, -0.15) is 0 Å². The van der Waals surface area contributed by atoms with E-state index in [1.807, 2.05) is 12.1 Å². The third-order valence-corrected chi connectivity index (χ3v) is 4.68. The molecule has 0 radical (unpaired) electrons. The lowest BCUT2D eigenvalue weighted by Crippen LogP contribution is -2.38. The van der Waals surface area contributed by atoms with E-state index in [0.29, 0.717) is 0 Å². The number of rotatable bonds is 3. The number of nitrogens with two attached hydrogens (primary N) is 1. The van der Waals surface area contributed by atoms with Gasteiger partial charge in [0.1, 0.15) is 11.5 Å². The first-order valence-electron chi connectivity index (χ1n) is 7.63. The lowest BCUT2D eigenvalue weighted by atomic mass is 9.76. The first-order chi connectivity index (χ1) is 10.2. The van der Waals surface area contributed by atoms with E-state index in [4.69, 9.17) is 15.2 Å². The van der Waals surface area contributed by atoms with Gasteiger partial charge in [-0.15, -0.1) is 0 Å². The SMILES string of the molecule is COc1cccc2c(OC)c(C3(N)CCCCC3)ccc12. The zero-order valence-electron chi connectivity index (χ0n) is 12.8. The molecule has 3 heteroatoms. The van der Waals surface area contributed by atoms with E-state index in [0.717, 1.165) is 40.7 Å². The van der Waals surface area contributed by atoms with Crippen molar-refractivity contribution in [3.05, 3.63) is 35.9 Å². The summed E-state index contributed by atoms with van der Waals surface area (Å²) in [4.78, 5) is 0. The zero-order valence-corrected chi connectivity index (χ0v) is 12.8. The monoisotopic (exact) mass is 285 g/mol. The summed E-state index contributed by atoms with van der Waals surface area (Å²) in [6.45, 7) is 0. The average Bonchev–Trinajstić information content (AvgIpc) is 2.53. The Bertz CT molecular complexity index is 645. The zero-order chi connectivity index (χ0) is 14.9. The van der Waals surface area contributed by atoms with Crippen LogP contribution < -0.4 is 15.2 Å². The van der Waals surface area contributed by atoms with Crippen molar-refractivity contribution in [1.82, 2.24) is 0 Å². The van der Waals surface area contributed by atoms with Crippen LogP contribution in [0.2, 0.25) is 0 Å². The van der Waals surface area contributed by atoms with Crippen LogP contribution in [0.15, 0.2) is 30.3 Å². The molecule has 0 spiro atoms. The van der Waals surface area contributed by atoms with Crippen molar-refractivity contribution in [3.63, 3.8) is 0 Å². The molecule has 0 saturated heterocycles. The van der Waals surface area contributed by atoms with Crippen LogP contribution in [0.3, 0.4) is 0 Å². The minimum absolute atomic E-state index is 0.263. The number of hydrogen-bond acceptors (Lipinski definition) is 3. The van der Waals surface area contributed by atoms with Gasteiger partial charge in [0, 0.05) is 21.9 Å². The van der Waals surface area contributed by atoms with E-state index in [1.165, 1.54) is 19.3 Å². The van der Waals surface area contributed by atoms with E-state index >= 15 is 0 Å². The molecule has 112 valence electrons. The largest absolute Gasteiger partial charge is 0.496 e. The van der Waals surface area contributed by atoms with Gasteiger partial charge in [-0.1, -0.05) is 43.5 Å². The Morgan fingerprint density at radius 1 is 0.905 bits per heavy atom. The Morgan fingerprint density at radius 2 is 1.67 bits per heavy atom. The molecular formula is C18H23NO2. The first-order valence-corrected chi connectivity index (χ1v) is 7.63. The van der Waals surface area contributed by atoms with E-state index in [2.05, 4.69) is 18.2 Å². The molecule has 0 amide bonds. The van der Waals surface area contributed by atoms with Crippen molar-refractivity contribution in [1.29, 1.82) is 0 Å². The van der Waals surface area contributed by atoms with Gasteiger partial charge in [0.05, 0.1) is 14.2 Å². The fourth-order valence-corrected chi connectivity index (χ4v) is 3.54. The first kappa shape index (κ1) is 14.2.